The van der Waals surface area contributed by atoms with Crippen LogP contribution in [0.4, 0.5) is 11.4 Å². The van der Waals surface area contributed by atoms with Crippen molar-refractivity contribution in [2.75, 3.05) is 17.7 Å². The third-order valence-corrected chi connectivity index (χ3v) is 4.56. The third kappa shape index (κ3) is 4.30. The third-order valence-electron chi connectivity index (χ3n) is 4.56. The van der Waals surface area contributed by atoms with Gasteiger partial charge in [0, 0.05) is 22.3 Å². The fourth-order valence-corrected chi connectivity index (χ4v) is 3.01. The Bertz CT molecular complexity index is 1180. The van der Waals surface area contributed by atoms with Crippen LogP contribution in [0, 0.1) is 0 Å². The topological polar surface area (TPSA) is 93.5 Å². The van der Waals surface area contributed by atoms with Crippen molar-refractivity contribution in [3.63, 3.8) is 0 Å². The van der Waals surface area contributed by atoms with Crippen LogP contribution in [0.25, 0.3) is 11.0 Å². The van der Waals surface area contributed by atoms with E-state index < -0.39 is 0 Å². The predicted octanol–water partition coefficient (Wildman–Crippen LogP) is 4.27. The number of carbonyl (C=O) groups is 2. The maximum absolute atomic E-state index is 12.4. The first kappa shape index (κ1) is 19.2. The molecule has 0 unspecified atom stereocenters. The molecule has 7 heteroatoms. The van der Waals surface area contributed by atoms with E-state index in [0.717, 1.165) is 5.39 Å². The number of benzene rings is 3. The number of carbonyl (C=O) groups excluding carboxylic acids is 2. The Morgan fingerprint density at radius 1 is 0.900 bits per heavy atom. The summed E-state index contributed by atoms with van der Waals surface area (Å²) < 4.78 is 10.3. The van der Waals surface area contributed by atoms with Gasteiger partial charge in [0.05, 0.1) is 13.5 Å². The predicted molar refractivity (Wildman–Crippen MR) is 114 cm³/mol. The van der Waals surface area contributed by atoms with Crippen LogP contribution < -0.4 is 15.4 Å². The number of anilines is 2. The second kappa shape index (κ2) is 8.48. The quantitative estimate of drug-likeness (QED) is 0.503. The number of amides is 2. The molecule has 0 saturated heterocycles. The number of hydrogen-bond acceptors (Lipinski definition) is 5. The standard InChI is InChI=1S/C23H19N3O4/c1-29-18-12-10-17(11-13-18)25-23(28)15-6-8-16(9-7-15)24-22(27)14-20-19-4-2-3-5-21(19)30-26-20/h2-13H,14H2,1H3,(H,24,27)(H,25,28). The second-order valence-corrected chi connectivity index (χ2v) is 6.61. The summed E-state index contributed by atoms with van der Waals surface area (Å²) in [6, 6.07) is 21.1. The van der Waals surface area contributed by atoms with Crippen molar-refractivity contribution in [1.29, 1.82) is 0 Å². The number of ether oxygens (including phenoxy) is 1. The molecule has 2 N–H and O–H groups in total. The molecule has 0 bridgehead atoms. The average Bonchev–Trinajstić information content (AvgIpc) is 3.17. The molecule has 0 saturated carbocycles. The minimum atomic E-state index is -0.243. The molecule has 150 valence electrons. The molecule has 0 fully saturated rings. The van der Waals surface area contributed by atoms with Crippen molar-refractivity contribution in [2.45, 2.75) is 6.42 Å². The number of aromatic nitrogens is 1. The number of fused-ring (bicyclic) bond motifs is 1. The zero-order chi connectivity index (χ0) is 20.9. The van der Waals surface area contributed by atoms with Gasteiger partial charge in [0.1, 0.15) is 11.4 Å². The summed E-state index contributed by atoms with van der Waals surface area (Å²) in [5.74, 6) is 0.253. The molecule has 0 spiro atoms. The Morgan fingerprint density at radius 3 is 2.30 bits per heavy atom. The molecule has 0 aliphatic carbocycles. The zero-order valence-electron chi connectivity index (χ0n) is 16.2. The monoisotopic (exact) mass is 401 g/mol. The Kier molecular flexibility index (Phi) is 5.43. The molecule has 4 rings (SSSR count). The van der Waals surface area contributed by atoms with Gasteiger partial charge in [-0.05, 0) is 60.7 Å². The fourth-order valence-electron chi connectivity index (χ4n) is 3.01. The molecule has 3 aromatic carbocycles. The lowest BCUT2D eigenvalue weighted by Crippen LogP contribution is -2.15. The van der Waals surface area contributed by atoms with Gasteiger partial charge in [-0.15, -0.1) is 0 Å². The minimum absolute atomic E-state index is 0.0940. The van der Waals surface area contributed by atoms with Crippen molar-refractivity contribution in [3.05, 3.63) is 84.1 Å². The highest BCUT2D eigenvalue weighted by Crippen LogP contribution is 2.19. The van der Waals surface area contributed by atoms with Crippen molar-refractivity contribution in [3.8, 4) is 5.75 Å². The molecule has 4 aromatic rings. The molecule has 0 radical (unpaired) electrons. The van der Waals surface area contributed by atoms with Gasteiger partial charge in [-0.1, -0.05) is 17.3 Å². The normalized spacial score (nSPS) is 10.6. The number of rotatable bonds is 6. The first-order valence-electron chi connectivity index (χ1n) is 9.31. The van der Waals surface area contributed by atoms with Crippen LogP contribution in [-0.2, 0) is 11.2 Å². The number of nitrogens with zero attached hydrogens (tertiary/aromatic N) is 1. The minimum Gasteiger partial charge on any atom is -0.497 e. The van der Waals surface area contributed by atoms with Crippen LogP contribution in [0.5, 0.6) is 5.75 Å². The maximum Gasteiger partial charge on any atom is 0.255 e. The van der Waals surface area contributed by atoms with E-state index >= 15 is 0 Å². The lowest BCUT2D eigenvalue weighted by molar-refractivity contribution is -0.115. The second-order valence-electron chi connectivity index (χ2n) is 6.61. The van der Waals surface area contributed by atoms with E-state index in [1.807, 2.05) is 18.2 Å². The Morgan fingerprint density at radius 2 is 1.57 bits per heavy atom. The van der Waals surface area contributed by atoms with Crippen molar-refractivity contribution >= 4 is 34.2 Å². The lowest BCUT2D eigenvalue weighted by Gasteiger charge is -2.08. The van der Waals surface area contributed by atoms with Crippen molar-refractivity contribution in [2.24, 2.45) is 0 Å². The largest absolute Gasteiger partial charge is 0.497 e. The van der Waals surface area contributed by atoms with Crippen LogP contribution in [0.2, 0.25) is 0 Å². The smallest absolute Gasteiger partial charge is 0.255 e. The Labute approximate surface area is 172 Å². The van der Waals surface area contributed by atoms with Gasteiger partial charge >= 0.3 is 0 Å². The first-order valence-corrected chi connectivity index (χ1v) is 9.31. The summed E-state index contributed by atoms with van der Waals surface area (Å²) in [4.78, 5) is 24.7. The van der Waals surface area contributed by atoms with E-state index in [9.17, 15) is 9.59 Å². The molecule has 0 aliphatic rings. The van der Waals surface area contributed by atoms with Gasteiger partial charge in [-0.25, -0.2) is 0 Å². The number of para-hydroxylation sites is 1. The van der Waals surface area contributed by atoms with E-state index in [1.165, 1.54) is 0 Å². The van der Waals surface area contributed by atoms with E-state index in [2.05, 4.69) is 15.8 Å². The van der Waals surface area contributed by atoms with Gasteiger partial charge < -0.3 is 19.9 Å². The lowest BCUT2D eigenvalue weighted by atomic mass is 10.1. The van der Waals surface area contributed by atoms with Crippen LogP contribution in [0.3, 0.4) is 0 Å². The summed E-state index contributed by atoms with van der Waals surface area (Å²) in [5, 5.41) is 10.4. The van der Waals surface area contributed by atoms with Crippen LogP contribution >= 0.6 is 0 Å². The summed E-state index contributed by atoms with van der Waals surface area (Å²) >= 11 is 0. The van der Waals surface area contributed by atoms with Crippen LogP contribution in [0.15, 0.2) is 77.3 Å². The first-order chi connectivity index (χ1) is 14.6. The summed E-state index contributed by atoms with van der Waals surface area (Å²) in [6.07, 6.45) is 0.0940. The highest BCUT2D eigenvalue weighted by molar-refractivity contribution is 6.04. The van der Waals surface area contributed by atoms with Gasteiger partial charge in [-0.3, -0.25) is 9.59 Å². The summed E-state index contributed by atoms with van der Waals surface area (Å²) in [5.41, 5.74) is 2.96. The molecule has 0 atom stereocenters. The maximum atomic E-state index is 12.4. The van der Waals surface area contributed by atoms with Crippen LogP contribution in [0.1, 0.15) is 16.1 Å². The molecule has 1 heterocycles. The highest BCUT2D eigenvalue weighted by atomic mass is 16.5. The SMILES string of the molecule is COc1ccc(NC(=O)c2ccc(NC(=O)Cc3noc4ccccc34)cc2)cc1. The molecule has 30 heavy (non-hydrogen) atoms. The molecular weight excluding hydrogens is 382 g/mol. The molecule has 1 aromatic heterocycles. The van der Waals surface area contributed by atoms with E-state index in [4.69, 9.17) is 9.26 Å². The summed E-state index contributed by atoms with van der Waals surface area (Å²) in [7, 11) is 1.59. The number of hydrogen-bond donors (Lipinski definition) is 2. The van der Waals surface area contributed by atoms with E-state index in [0.29, 0.717) is 34.0 Å². The van der Waals surface area contributed by atoms with Crippen LogP contribution in [-0.4, -0.2) is 24.1 Å². The molecule has 2 amide bonds. The van der Waals surface area contributed by atoms with Gasteiger partial charge in [0.15, 0.2) is 5.58 Å². The van der Waals surface area contributed by atoms with Crippen molar-refractivity contribution < 1.29 is 18.8 Å². The highest BCUT2D eigenvalue weighted by Gasteiger charge is 2.13. The fraction of sp³-hybridized carbons (Fsp3) is 0.0870. The Balaban J connectivity index is 1.36. The van der Waals surface area contributed by atoms with Gasteiger partial charge in [0.25, 0.3) is 5.91 Å². The number of nitrogens with one attached hydrogen (secondary N) is 2. The summed E-state index contributed by atoms with van der Waals surface area (Å²) in [6.45, 7) is 0. The molecule has 7 nitrogen and oxygen atoms in total. The molecular formula is C23H19N3O4. The van der Waals surface area contributed by atoms with E-state index in [1.54, 1.807) is 61.7 Å². The Hall–Kier alpha value is -4.13. The zero-order valence-corrected chi connectivity index (χ0v) is 16.2. The van der Waals surface area contributed by atoms with Gasteiger partial charge in [-0.2, -0.15) is 0 Å². The average molecular weight is 401 g/mol. The number of methoxy groups -OCH3 is 1. The van der Waals surface area contributed by atoms with E-state index in [-0.39, 0.29) is 18.2 Å². The molecule has 0 aliphatic heterocycles. The van der Waals surface area contributed by atoms with Crippen molar-refractivity contribution in [1.82, 2.24) is 5.16 Å². The van der Waals surface area contributed by atoms with Gasteiger partial charge in [0.2, 0.25) is 5.91 Å².